The first-order valence-corrected chi connectivity index (χ1v) is 12.4. The Bertz CT molecular complexity index is 1550. The first-order chi connectivity index (χ1) is 19.0. The number of fused-ring (bicyclic) bond motifs is 1. The molecule has 8 nitrogen and oxygen atoms in total. The number of aryl methyl sites for hydroxylation is 1. The van der Waals surface area contributed by atoms with E-state index in [2.05, 4.69) is 15.4 Å². The molecule has 2 aliphatic rings. The van der Waals surface area contributed by atoms with Crippen molar-refractivity contribution in [1.29, 1.82) is 0 Å². The largest absolute Gasteiger partial charge is 0.418 e. The average molecular weight is 590 g/mol. The van der Waals surface area contributed by atoms with Gasteiger partial charge in [0, 0.05) is 17.7 Å². The fourth-order valence-corrected chi connectivity index (χ4v) is 5.35. The molecule has 0 unspecified atom stereocenters. The highest BCUT2D eigenvalue weighted by Gasteiger charge is 2.65. The van der Waals surface area contributed by atoms with Gasteiger partial charge in [-0.2, -0.15) is 31.4 Å². The highest BCUT2D eigenvalue weighted by molar-refractivity contribution is 5.97. The Labute approximate surface area is 226 Å². The van der Waals surface area contributed by atoms with Gasteiger partial charge in [0.1, 0.15) is 29.2 Å². The van der Waals surface area contributed by atoms with Gasteiger partial charge in [0.05, 0.1) is 23.8 Å². The minimum absolute atomic E-state index is 0.0432. The van der Waals surface area contributed by atoms with Gasteiger partial charge in [-0.25, -0.2) is 18.3 Å². The van der Waals surface area contributed by atoms with Gasteiger partial charge in [0.2, 0.25) is 5.91 Å². The zero-order chi connectivity index (χ0) is 30.1. The van der Waals surface area contributed by atoms with Gasteiger partial charge >= 0.3 is 12.4 Å². The van der Waals surface area contributed by atoms with Crippen molar-refractivity contribution in [3.05, 3.63) is 47.0 Å². The first kappa shape index (κ1) is 28.5. The molecule has 1 aliphatic heterocycles. The normalized spacial score (nSPS) is 20.8. The van der Waals surface area contributed by atoms with Crippen molar-refractivity contribution in [2.75, 3.05) is 18.8 Å². The Hall–Kier alpha value is -3.98. The zero-order valence-electron chi connectivity index (χ0n) is 21.2. The highest BCUT2D eigenvalue weighted by Crippen LogP contribution is 2.54. The van der Waals surface area contributed by atoms with Crippen LogP contribution in [-0.4, -0.2) is 62.8 Å². The summed E-state index contributed by atoms with van der Waals surface area (Å²) in [5.41, 5.74) is 0.140. The van der Waals surface area contributed by atoms with Gasteiger partial charge in [-0.05, 0) is 43.5 Å². The number of benzene rings is 1. The van der Waals surface area contributed by atoms with E-state index in [0.29, 0.717) is 6.07 Å². The minimum Gasteiger partial charge on any atom is -0.382 e. The van der Waals surface area contributed by atoms with Crippen molar-refractivity contribution >= 4 is 23.1 Å². The lowest BCUT2D eigenvalue weighted by molar-refractivity contribution is -0.248. The number of nitrogen functional groups attached to an aromatic ring is 1. The summed E-state index contributed by atoms with van der Waals surface area (Å²) in [7, 11) is 0. The summed E-state index contributed by atoms with van der Waals surface area (Å²) < 4.78 is 113. The van der Waals surface area contributed by atoms with E-state index in [9.17, 15) is 40.3 Å². The molecule has 1 aliphatic carbocycles. The lowest BCUT2D eigenvalue weighted by Crippen LogP contribution is -2.56. The molecule has 1 saturated carbocycles. The lowest BCUT2D eigenvalue weighted by Gasteiger charge is -2.43. The molecule has 5 rings (SSSR count). The third kappa shape index (κ3) is 4.62. The Balaban J connectivity index is 1.44. The molecule has 3 N–H and O–H groups in total. The number of nitrogens with two attached hydrogens (primary N) is 1. The molecule has 2 atom stereocenters. The fraction of sp³-hybridized carbons (Fsp3) is 0.440. The summed E-state index contributed by atoms with van der Waals surface area (Å²) in [5.74, 6) is -3.74. The number of likely N-dealkylation sites (tertiary alicyclic amines) is 1. The predicted octanol–water partition coefficient (Wildman–Crippen LogP) is 4.46. The molecular weight excluding hydrogens is 568 g/mol. The molecule has 16 heteroatoms. The van der Waals surface area contributed by atoms with Gasteiger partial charge in [-0.3, -0.25) is 9.59 Å². The number of hydrogen-bond donors (Lipinski definition) is 2. The smallest absolute Gasteiger partial charge is 0.382 e. The summed E-state index contributed by atoms with van der Waals surface area (Å²) >= 11 is 0. The predicted molar refractivity (Wildman–Crippen MR) is 128 cm³/mol. The van der Waals surface area contributed by atoms with Crippen LogP contribution in [0.4, 0.5) is 40.9 Å². The van der Waals surface area contributed by atoms with Crippen LogP contribution in [0.1, 0.15) is 40.7 Å². The van der Waals surface area contributed by atoms with Crippen molar-refractivity contribution in [3.63, 3.8) is 0 Å². The summed E-state index contributed by atoms with van der Waals surface area (Å²) in [6.45, 7) is 0.151. The van der Waals surface area contributed by atoms with E-state index in [1.807, 2.05) is 0 Å². The first-order valence-electron chi connectivity index (χ1n) is 12.4. The van der Waals surface area contributed by atoms with Crippen molar-refractivity contribution in [2.24, 2.45) is 5.41 Å². The maximum absolute atomic E-state index is 15.1. The van der Waals surface area contributed by atoms with Crippen LogP contribution in [0.2, 0.25) is 0 Å². The maximum Gasteiger partial charge on any atom is 0.418 e. The third-order valence-electron chi connectivity index (χ3n) is 7.73. The van der Waals surface area contributed by atoms with Crippen LogP contribution in [0.3, 0.4) is 0 Å². The van der Waals surface area contributed by atoms with Crippen LogP contribution < -0.4 is 11.1 Å². The second-order valence-electron chi connectivity index (χ2n) is 10.2. The van der Waals surface area contributed by atoms with E-state index in [0.717, 1.165) is 27.9 Å². The quantitative estimate of drug-likeness (QED) is 0.437. The molecule has 220 valence electrons. The second kappa shape index (κ2) is 9.55. The number of rotatable bonds is 4. The Morgan fingerprint density at radius 3 is 2.37 bits per heavy atom. The van der Waals surface area contributed by atoms with E-state index < -0.39 is 102 Å². The molecule has 41 heavy (non-hydrogen) atoms. The molecule has 2 amide bonds. The molecule has 0 spiro atoms. The maximum atomic E-state index is 15.1. The molecule has 2 aromatic heterocycles. The minimum atomic E-state index is -4.91. The number of nitrogens with one attached hydrogen (secondary N) is 1. The number of amides is 2. The summed E-state index contributed by atoms with van der Waals surface area (Å²) in [6.07, 6.45) is -11.3. The number of nitrogens with zero attached hydrogens (tertiary/aromatic N) is 4. The highest BCUT2D eigenvalue weighted by atomic mass is 19.4. The van der Waals surface area contributed by atoms with Gasteiger partial charge in [0.15, 0.2) is 5.82 Å². The fourth-order valence-electron chi connectivity index (χ4n) is 5.35. The SMILES string of the molecule is Cc1cc(F)c(-c2cc(C(F)(F)F)c3c(N)ncnn23)cc1C(=O)N[C@@H]1CN(C(=O)C2(C(F)(F)F)CCC2)C[C@@H]1F. The monoisotopic (exact) mass is 590 g/mol. The van der Waals surface area contributed by atoms with Crippen molar-refractivity contribution < 1.29 is 44.7 Å². The summed E-state index contributed by atoms with van der Waals surface area (Å²) in [5, 5.41) is 6.08. The van der Waals surface area contributed by atoms with Crippen LogP contribution in [0, 0.1) is 18.2 Å². The number of hydrogen-bond acceptors (Lipinski definition) is 5. The molecule has 0 radical (unpaired) electrons. The van der Waals surface area contributed by atoms with E-state index in [4.69, 9.17) is 5.73 Å². The molecule has 2 fully saturated rings. The van der Waals surface area contributed by atoms with E-state index in [1.54, 1.807) is 0 Å². The van der Waals surface area contributed by atoms with Gasteiger partial charge < -0.3 is 16.0 Å². The van der Waals surface area contributed by atoms with Crippen LogP contribution in [-0.2, 0) is 11.0 Å². The molecule has 1 aromatic carbocycles. The van der Waals surface area contributed by atoms with Crippen LogP contribution in [0.15, 0.2) is 24.5 Å². The second-order valence-corrected chi connectivity index (χ2v) is 10.2. The number of alkyl halides is 7. The molecule has 0 bridgehead atoms. The Morgan fingerprint density at radius 2 is 1.78 bits per heavy atom. The topological polar surface area (TPSA) is 106 Å². The Kier molecular flexibility index (Phi) is 6.65. The number of anilines is 1. The number of carbonyl (C=O) groups is 2. The number of carbonyl (C=O) groups excluding carboxylic acids is 2. The van der Waals surface area contributed by atoms with Crippen molar-refractivity contribution in [2.45, 2.75) is 50.8 Å². The number of halogens is 8. The Morgan fingerprint density at radius 1 is 1.10 bits per heavy atom. The number of aromatic nitrogens is 3. The summed E-state index contributed by atoms with van der Waals surface area (Å²) in [4.78, 5) is 30.1. The van der Waals surface area contributed by atoms with E-state index >= 15 is 4.39 Å². The molecule has 3 heterocycles. The molecular formula is C25H22F8N6O2. The van der Waals surface area contributed by atoms with E-state index in [-0.39, 0.29) is 17.5 Å². The summed E-state index contributed by atoms with van der Waals surface area (Å²) in [6, 6.07) is 1.08. The lowest BCUT2D eigenvalue weighted by atomic mass is 9.67. The van der Waals surface area contributed by atoms with Gasteiger partial charge in [0.25, 0.3) is 5.91 Å². The van der Waals surface area contributed by atoms with Crippen LogP contribution in [0.5, 0.6) is 0 Å². The van der Waals surface area contributed by atoms with Crippen molar-refractivity contribution in [1.82, 2.24) is 24.8 Å². The third-order valence-corrected chi connectivity index (χ3v) is 7.73. The van der Waals surface area contributed by atoms with Crippen LogP contribution in [0.25, 0.3) is 16.8 Å². The van der Waals surface area contributed by atoms with Gasteiger partial charge in [-0.15, -0.1) is 0 Å². The van der Waals surface area contributed by atoms with Crippen LogP contribution >= 0.6 is 0 Å². The standard InChI is InChI=1S/C25H22F8N6O2/c1-11-5-15(26)13(18-7-14(24(28,29)30)19-20(34)35-10-36-39(18)19)6-12(11)21(40)37-17-9-38(8-16(17)27)22(41)23(3-2-4-23)25(31,32)33/h5-7,10,16-17H,2-4,8-9H2,1H3,(H,37,40)(H2,34,35,36)/t16-,17+/m0/s1. The molecule has 3 aromatic rings. The molecule has 1 saturated heterocycles. The zero-order valence-corrected chi connectivity index (χ0v) is 21.2. The van der Waals surface area contributed by atoms with Crippen molar-refractivity contribution in [3.8, 4) is 11.3 Å². The van der Waals surface area contributed by atoms with Gasteiger partial charge in [-0.1, -0.05) is 6.42 Å². The average Bonchev–Trinajstić information content (AvgIpc) is 3.39. The van der Waals surface area contributed by atoms with E-state index in [1.165, 1.54) is 6.92 Å².